The van der Waals surface area contributed by atoms with Crippen molar-refractivity contribution in [3.05, 3.63) is 53.9 Å². The van der Waals surface area contributed by atoms with Crippen LogP contribution in [0.4, 0.5) is 5.82 Å². The van der Waals surface area contributed by atoms with Crippen molar-refractivity contribution in [3.8, 4) is 28.8 Å². The molecule has 7 nitrogen and oxygen atoms in total. The van der Waals surface area contributed by atoms with E-state index in [4.69, 9.17) is 14.2 Å². The largest absolute Gasteiger partial charge is 0.492 e. The van der Waals surface area contributed by atoms with Crippen LogP contribution in [-0.2, 0) is 0 Å². The minimum absolute atomic E-state index is 0.255. The van der Waals surface area contributed by atoms with Crippen molar-refractivity contribution in [1.82, 2.24) is 15.0 Å². The van der Waals surface area contributed by atoms with Gasteiger partial charge in [0.05, 0.1) is 6.54 Å². The van der Waals surface area contributed by atoms with E-state index in [1.165, 1.54) is 0 Å². The molecule has 1 N–H and O–H groups in total. The average Bonchev–Trinajstić information content (AvgIpc) is 3.16. The molecule has 0 bridgehead atoms. The van der Waals surface area contributed by atoms with Crippen molar-refractivity contribution in [2.24, 2.45) is 0 Å². The van der Waals surface area contributed by atoms with Crippen LogP contribution in [-0.4, -0.2) is 34.9 Å². The van der Waals surface area contributed by atoms with Crippen molar-refractivity contribution in [2.75, 3.05) is 25.3 Å². The molecule has 0 amide bonds. The zero-order valence-electron chi connectivity index (χ0n) is 15.2. The number of fused-ring (bicyclic) bond motifs is 1. The Hall–Kier alpha value is -3.35. The molecule has 138 valence electrons. The zero-order valence-corrected chi connectivity index (χ0v) is 15.2. The molecule has 3 aromatic rings. The maximum Gasteiger partial charge on any atom is 0.231 e. The summed E-state index contributed by atoms with van der Waals surface area (Å²) in [6.07, 6.45) is 1.74. The van der Waals surface area contributed by atoms with E-state index in [0.717, 1.165) is 34.3 Å². The number of pyridine rings is 1. The Morgan fingerprint density at radius 2 is 1.96 bits per heavy atom. The van der Waals surface area contributed by atoms with Gasteiger partial charge >= 0.3 is 0 Å². The zero-order chi connectivity index (χ0) is 18.6. The molecular formula is C20H20N4O3. The van der Waals surface area contributed by atoms with Gasteiger partial charge in [-0.2, -0.15) is 0 Å². The summed E-state index contributed by atoms with van der Waals surface area (Å²) in [5, 5.41) is 3.33. The molecule has 3 heterocycles. The minimum Gasteiger partial charge on any atom is -0.492 e. The third-order valence-corrected chi connectivity index (χ3v) is 4.29. The maximum atomic E-state index is 5.78. The first-order chi connectivity index (χ1) is 13.2. The van der Waals surface area contributed by atoms with Crippen molar-refractivity contribution in [1.29, 1.82) is 0 Å². The van der Waals surface area contributed by atoms with Gasteiger partial charge in [0, 0.05) is 23.5 Å². The smallest absolute Gasteiger partial charge is 0.231 e. The molecule has 0 spiro atoms. The van der Waals surface area contributed by atoms with Gasteiger partial charge in [0.2, 0.25) is 6.79 Å². The molecule has 0 fully saturated rings. The van der Waals surface area contributed by atoms with E-state index in [1.54, 1.807) is 6.20 Å². The highest BCUT2D eigenvalue weighted by molar-refractivity contribution is 5.56. The summed E-state index contributed by atoms with van der Waals surface area (Å²) in [7, 11) is 0. The predicted molar refractivity (Wildman–Crippen MR) is 101 cm³/mol. The summed E-state index contributed by atoms with van der Waals surface area (Å²) >= 11 is 0. The second-order valence-corrected chi connectivity index (χ2v) is 6.11. The van der Waals surface area contributed by atoms with Crippen molar-refractivity contribution in [2.45, 2.75) is 13.8 Å². The van der Waals surface area contributed by atoms with E-state index < -0.39 is 0 Å². The van der Waals surface area contributed by atoms with Crippen LogP contribution < -0.4 is 19.5 Å². The van der Waals surface area contributed by atoms with Crippen molar-refractivity contribution < 1.29 is 14.2 Å². The van der Waals surface area contributed by atoms with Crippen LogP contribution in [0.3, 0.4) is 0 Å². The Morgan fingerprint density at radius 1 is 1.07 bits per heavy atom. The fourth-order valence-corrected chi connectivity index (χ4v) is 2.72. The van der Waals surface area contributed by atoms with Crippen LogP contribution in [0.5, 0.6) is 17.2 Å². The standard InChI is InChI=1S/C20H20N4O3/c1-13-14(2)23-20(16-5-3-4-8-21-16)24-19(13)22-9-10-25-15-6-7-17-18(11-15)27-12-26-17/h3-8,11H,9-10,12H2,1-2H3,(H,22,23,24). The number of benzene rings is 1. The topological polar surface area (TPSA) is 78.4 Å². The third kappa shape index (κ3) is 3.76. The third-order valence-electron chi connectivity index (χ3n) is 4.29. The highest BCUT2D eigenvalue weighted by Gasteiger charge is 2.14. The van der Waals surface area contributed by atoms with E-state index in [9.17, 15) is 0 Å². The van der Waals surface area contributed by atoms with E-state index >= 15 is 0 Å². The van der Waals surface area contributed by atoms with E-state index in [-0.39, 0.29) is 6.79 Å². The fourth-order valence-electron chi connectivity index (χ4n) is 2.72. The van der Waals surface area contributed by atoms with Crippen molar-refractivity contribution >= 4 is 5.82 Å². The van der Waals surface area contributed by atoms with Crippen LogP contribution >= 0.6 is 0 Å². The summed E-state index contributed by atoms with van der Waals surface area (Å²) in [5.74, 6) is 3.60. The first-order valence-corrected chi connectivity index (χ1v) is 8.73. The lowest BCUT2D eigenvalue weighted by molar-refractivity contribution is 0.174. The van der Waals surface area contributed by atoms with Gasteiger partial charge in [0.15, 0.2) is 17.3 Å². The van der Waals surface area contributed by atoms with E-state index in [2.05, 4.69) is 20.3 Å². The molecule has 0 radical (unpaired) electrons. The predicted octanol–water partition coefficient (Wildman–Crippen LogP) is 3.38. The Morgan fingerprint density at radius 3 is 2.81 bits per heavy atom. The number of ether oxygens (including phenoxy) is 3. The second kappa shape index (κ2) is 7.49. The van der Waals surface area contributed by atoms with Gasteiger partial charge < -0.3 is 19.5 Å². The molecular weight excluding hydrogens is 344 g/mol. The van der Waals surface area contributed by atoms with Crippen LogP contribution in [0.2, 0.25) is 0 Å². The number of hydrogen-bond donors (Lipinski definition) is 1. The lowest BCUT2D eigenvalue weighted by atomic mass is 10.2. The average molecular weight is 364 g/mol. The van der Waals surface area contributed by atoms with Gasteiger partial charge in [-0.25, -0.2) is 9.97 Å². The summed E-state index contributed by atoms with van der Waals surface area (Å²) in [5.41, 5.74) is 2.68. The number of hydrogen-bond acceptors (Lipinski definition) is 7. The fraction of sp³-hybridized carbons (Fsp3) is 0.250. The minimum atomic E-state index is 0.255. The molecule has 0 saturated carbocycles. The molecule has 7 heteroatoms. The van der Waals surface area contributed by atoms with Gasteiger partial charge in [-0.1, -0.05) is 6.07 Å². The highest BCUT2D eigenvalue weighted by Crippen LogP contribution is 2.35. The number of anilines is 1. The van der Waals surface area contributed by atoms with Crippen LogP contribution in [0.15, 0.2) is 42.6 Å². The summed E-state index contributed by atoms with van der Waals surface area (Å²) in [6.45, 7) is 5.32. The normalized spacial score (nSPS) is 12.1. The number of aryl methyl sites for hydroxylation is 1. The van der Waals surface area contributed by atoms with E-state index in [1.807, 2.05) is 50.2 Å². The Bertz CT molecular complexity index is 947. The van der Waals surface area contributed by atoms with Crippen molar-refractivity contribution in [3.63, 3.8) is 0 Å². The molecule has 0 aliphatic carbocycles. The van der Waals surface area contributed by atoms with Gasteiger partial charge in [-0.05, 0) is 38.1 Å². The van der Waals surface area contributed by atoms with Crippen LogP contribution in [0.1, 0.15) is 11.3 Å². The second-order valence-electron chi connectivity index (χ2n) is 6.11. The number of rotatable bonds is 6. The number of aromatic nitrogens is 3. The quantitative estimate of drug-likeness (QED) is 0.672. The molecule has 1 aliphatic rings. The molecule has 27 heavy (non-hydrogen) atoms. The lowest BCUT2D eigenvalue weighted by Gasteiger charge is -2.13. The molecule has 1 aromatic carbocycles. The summed E-state index contributed by atoms with van der Waals surface area (Å²) in [4.78, 5) is 13.5. The first kappa shape index (κ1) is 17.1. The molecule has 0 saturated heterocycles. The molecule has 0 unspecified atom stereocenters. The number of nitrogens with one attached hydrogen (secondary N) is 1. The monoisotopic (exact) mass is 364 g/mol. The molecule has 4 rings (SSSR count). The Kier molecular flexibility index (Phi) is 4.74. The molecule has 0 atom stereocenters. The Labute approximate surface area is 157 Å². The van der Waals surface area contributed by atoms with E-state index in [0.29, 0.717) is 24.7 Å². The molecule has 2 aromatic heterocycles. The highest BCUT2D eigenvalue weighted by atomic mass is 16.7. The van der Waals surface area contributed by atoms with Gasteiger partial charge in [0.1, 0.15) is 23.9 Å². The van der Waals surface area contributed by atoms with Gasteiger partial charge in [0.25, 0.3) is 0 Å². The number of nitrogens with zero attached hydrogens (tertiary/aromatic N) is 3. The maximum absolute atomic E-state index is 5.78. The van der Waals surface area contributed by atoms with Crippen LogP contribution in [0.25, 0.3) is 11.5 Å². The summed E-state index contributed by atoms with van der Waals surface area (Å²) in [6, 6.07) is 11.2. The Balaban J connectivity index is 1.40. The SMILES string of the molecule is Cc1nc(-c2ccccn2)nc(NCCOc2ccc3c(c2)OCO3)c1C. The van der Waals surface area contributed by atoms with Gasteiger partial charge in [-0.3, -0.25) is 4.98 Å². The summed E-state index contributed by atoms with van der Waals surface area (Å²) < 4.78 is 16.4. The first-order valence-electron chi connectivity index (χ1n) is 8.73. The molecule has 1 aliphatic heterocycles. The lowest BCUT2D eigenvalue weighted by Crippen LogP contribution is -2.14. The van der Waals surface area contributed by atoms with Crippen LogP contribution in [0, 0.1) is 13.8 Å². The van der Waals surface area contributed by atoms with Gasteiger partial charge in [-0.15, -0.1) is 0 Å².